The van der Waals surface area contributed by atoms with Gasteiger partial charge in [-0.05, 0) is 128 Å². The number of unbranched alkanes of at least 4 members (excludes halogenated alkanes) is 22. The molecule has 0 amide bonds. The van der Waals surface area contributed by atoms with Crippen LogP contribution in [0.15, 0.2) is 158 Å². The molecule has 1 atom stereocenters. The molecule has 462 valence electrons. The number of esters is 3. The number of hydrogen-bond donors (Lipinski definition) is 0. The Kier molecular flexibility index (Phi) is 64.4. The molecule has 0 fully saturated rings. The number of carbonyl (C=O) groups excluding carboxylic acids is 3. The average Bonchev–Trinajstić information content (AvgIpc) is 3.47. The van der Waals surface area contributed by atoms with E-state index < -0.39 is 6.10 Å². The lowest BCUT2D eigenvalue weighted by molar-refractivity contribution is -0.167. The van der Waals surface area contributed by atoms with Crippen molar-refractivity contribution in [2.45, 2.75) is 290 Å². The second-order valence-corrected chi connectivity index (χ2v) is 21.6. The fourth-order valence-electron chi connectivity index (χ4n) is 8.84. The van der Waals surface area contributed by atoms with E-state index in [9.17, 15) is 14.4 Å². The molecular weight excluding hydrogens is 1010 g/mol. The molecule has 0 aromatic heterocycles. The van der Waals surface area contributed by atoms with Gasteiger partial charge in [0.25, 0.3) is 0 Å². The zero-order valence-corrected chi connectivity index (χ0v) is 52.9. The normalized spacial score (nSPS) is 13.2. The first-order chi connectivity index (χ1) is 40.5. The summed E-state index contributed by atoms with van der Waals surface area (Å²) in [5, 5.41) is 0. The van der Waals surface area contributed by atoms with E-state index in [1.165, 1.54) is 96.3 Å². The zero-order valence-electron chi connectivity index (χ0n) is 52.9. The van der Waals surface area contributed by atoms with Gasteiger partial charge in [0, 0.05) is 19.3 Å². The molecule has 0 rings (SSSR count). The molecule has 0 aromatic rings. The third-order valence-electron chi connectivity index (χ3n) is 13.8. The highest BCUT2D eigenvalue weighted by Gasteiger charge is 2.19. The average molecular weight is 1130 g/mol. The molecule has 0 radical (unpaired) electrons. The predicted molar refractivity (Wildman–Crippen MR) is 357 cm³/mol. The minimum absolute atomic E-state index is 0.110. The summed E-state index contributed by atoms with van der Waals surface area (Å²) < 4.78 is 16.9. The molecule has 6 heteroatoms. The first-order valence-corrected chi connectivity index (χ1v) is 33.5. The predicted octanol–water partition coefficient (Wildman–Crippen LogP) is 23.3. The SMILES string of the molecule is CC/C=C\C/C=C\C/C=C\C/C=C\C/C=C\C/C=C\C/C=C\C/C=C\C/C=C\C/C=C\CCCCC(=O)OCC(COC(=O)CCCCC/C=C\C/C=C\C/C=C\CC)OC(=O)CCCCCCCCCCCCCCCCCCCC. The van der Waals surface area contributed by atoms with Gasteiger partial charge in [0.05, 0.1) is 0 Å². The van der Waals surface area contributed by atoms with E-state index in [2.05, 4.69) is 179 Å². The van der Waals surface area contributed by atoms with Crippen molar-refractivity contribution in [1.82, 2.24) is 0 Å². The Morgan fingerprint density at radius 2 is 0.476 bits per heavy atom. The fourth-order valence-corrected chi connectivity index (χ4v) is 8.84. The molecule has 0 aromatic carbocycles. The molecule has 0 N–H and O–H groups in total. The van der Waals surface area contributed by atoms with Crippen LogP contribution in [0.1, 0.15) is 284 Å². The maximum Gasteiger partial charge on any atom is 0.306 e. The van der Waals surface area contributed by atoms with Gasteiger partial charge in [-0.1, -0.05) is 294 Å². The highest BCUT2D eigenvalue weighted by Crippen LogP contribution is 2.16. The van der Waals surface area contributed by atoms with Gasteiger partial charge in [-0.25, -0.2) is 0 Å². The molecule has 0 spiro atoms. The van der Waals surface area contributed by atoms with E-state index in [1.54, 1.807) is 0 Å². The number of rotatable bonds is 59. The van der Waals surface area contributed by atoms with Crippen LogP contribution in [0, 0.1) is 0 Å². The van der Waals surface area contributed by atoms with Gasteiger partial charge in [0.15, 0.2) is 6.10 Å². The summed E-state index contributed by atoms with van der Waals surface area (Å²) in [6, 6.07) is 0. The first-order valence-electron chi connectivity index (χ1n) is 33.5. The van der Waals surface area contributed by atoms with Gasteiger partial charge in [-0.3, -0.25) is 14.4 Å². The van der Waals surface area contributed by atoms with E-state index in [0.29, 0.717) is 25.7 Å². The molecule has 0 bridgehead atoms. The Bertz CT molecular complexity index is 1830. The quantitative estimate of drug-likeness (QED) is 0.0261. The summed E-state index contributed by atoms with van der Waals surface area (Å²) in [7, 11) is 0. The Hall–Kier alpha value is -4.97. The zero-order chi connectivity index (χ0) is 59.2. The third kappa shape index (κ3) is 65.8. The summed E-state index contributed by atoms with van der Waals surface area (Å²) in [4.78, 5) is 38.3. The Labute approximate surface area is 505 Å². The largest absolute Gasteiger partial charge is 0.462 e. The highest BCUT2D eigenvalue weighted by molar-refractivity contribution is 5.71. The number of allylic oxidation sites excluding steroid dienone is 26. The number of hydrogen-bond acceptors (Lipinski definition) is 6. The monoisotopic (exact) mass is 1130 g/mol. The second-order valence-electron chi connectivity index (χ2n) is 21.6. The molecule has 0 aliphatic heterocycles. The topological polar surface area (TPSA) is 78.9 Å². The summed E-state index contributed by atoms with van der Waals surface area (Å²) in [6.07, 6.45) is 99.8. The first kappa shape index (κ1) is 77.0. The van der Waals surface area contributed by atoms with Crippen LogP contribution in [-0.2, 0) is 28.6 Å². The maximum absolute atomic E-state index is 12.9. The third-order valence-corrected chi connectivity index (χ3v) is 13.8. The van der Waals surface area contributed by atoms with Crippen LogP contribution in [0.5, 0.6) is 0 Å². The molecule has 0 saturated heterocycles. The summed E-state index contributed by atoms with van der Waals surface area (Å²) in [5.74, 6) is -0.980. The van der Waals surface area contributed by atoms with Crippen LogP contribution in [0.3, 0.4) is 0 Å². The van der Waals surface area contributed by atoms with Crippen molar-refractivity contribution in [3.05, 3.63) is 158 Å². The lowest BCUT2D eigenvalue weighted by Gasteiger charge is -2.18. The molecule has 1 unspecified atom stereocenters. The smallest absolute Gasteiger partial charge is 0.306 e. The molecule has 6 nitrogen and oxygen atoms in total. The van der Waals surface area contributed by atoms with E-state index in [1.807, 2.05) is 0 Å². The molecule has 0 aliphatic carbocycles. The molecule has 0 aliphatic rings. The van der Waals surface area contributed by atoms with E-state index in [4.69, 9.17) is 14.2 Å². The van der Waals surface area contributed by atoms with Crippen LogP contribution >= 0.6 is 0 Å². The Balaban J connectivity index is 4.40. The van der Waals surface area contributed by atoms with Gasteiger partial charge in [-0.2, -0.15) is 0 Å². The molecule has 82 heavy (non-hydrogen) atoms. The fraction of sp³-hybridized carbons (Fsp3) is 0.618. The Morgan fingerprint density at radius 3 is 0.768 bits per heavy atom. The molecule has 0 saturated carbocycles. The van der Waals surface area contributed by atoms with Crippen molar-refractivity contribution >= 4 is 17.9 Å². The van der Waals surface area contributed by atoms with Gasteiger partial charge < -0.3 is 14.2 Å². The standard InChI is InChI=1S/C76H122O6/c1-4-7-10-13-16-19-22-25-27-29-31-32-33-34-35-36-37-38-39-40-41-42-43-44-45-47-48-51-54-57-60-63-66-69-75(78)81-72-73(71-80-74(77)68-65-62-59-56-53-50-24-21-18-15-12-9-6-3)82-76(79)70-67-64-61-58-55-52-49-46-30-28-26-23-20-17-14-11-8-5-2/h7,9-10,12,16,18-19,21,25,27,31-32,34-35,37-38,40-41,43-44,47-48,50,53-54,57,73H,4-6,8,11,13-15,17,20,22-24,26,28-30,33,36,39,42,45-46,49,51-52,55-56,58-72H2,1-3H3/b10-7-,12-9-,19-16-,21-18-,27-25-,32-31-,35-34-,38-37-,41-40-,44-43-,48-47-,53-50-,57-54-. The van der Waals surface area contributed by atoms with Crippen LogP contribution in [-0.4, -0.2) is 37.2 Å². The lowest BCUT2D eigenvalue weighted by Crippen LogP contribution is -2.30. The minimum atomic E-state index is -0.814. The van der Waals surface area contributed by atoms with Crippen LogP contribution in [0.4, 0.5) is 0 Å². The van der Waals surface area contributed by atoms with Crippen molar-refractivity contribution in [2.75, 3.05) is 13.2 Å². The van der Waals surface area contributed by atoms with E-state index in [-0.39, 0.29) is 31.1 Å². The number of ether oxygens (including phenoxy) is 3. The van der Waals surface area contributed by atoms with E-state index >= 15 is 0 Å². The summed E-state index contributed by atoms with van der Waals surface area (Å²) in [6.45, 7) is 6.36. The maximum atomic E-state index is 12.9. The van der Waals surface area contributed by atoms with E-state index in [0.717, 1.165) is 141 Å². The summed E-state index contributed by atoms with van der Waals surface area (Å²) in [5.41, 5.74) is 0. The Morgan fingerprint density at radius 1 is 0.256 bits per heavy atom. The second kappa shape index (κ2) is 68.5. The van der Waals surface area contributed by atoms with Crippen LogP contribution in [0.25, 0.3) is 0 Å². The van der Waals surface area contributed by atoms with Gasteiger partial charge in [0.1, 0.15) is 13.2 Å². The minimum Gasteiger partial charge on any atom is -0.462 e. The van der Waals surface area contributed by atoms with Crippen molar-refractivity contribution in [3.63, 3.8) is 0 Å². The van der Waals surface area contributed by atoms with Crippen LogP contribution < -0.4 is 0 Å². The van der Waals surface area contributed by atoms with Crippen LogP contribution in [0.2, 0.25) is 0 Å². The number of carbonyl (C=O) groups is 3. The van der Waals surface area contributed by atoms with Gasteiger partial charge in [-0.15, -0.1) is 0 Å². The van der Waals surface area contributed by atoms with Gasteiger partial charge >= 0.3 is 17.9 Å². The van der Waals surface area contributed by atoms with Crippen molar-refractivity contribution in [3.8, 4) is 0 Å². The van der Waals surface area contributed by atoms with Gasteiger partial charge in [0.2, 0.25) is 0 Å². The van der Waals surface area contributed by atoms with Crippen molar-refractivity contribution < 1.29 is 28.6 Å². The van der Waals surface area contributed by atoms with Crippen molar-refractivity contribution in [2.24, 2.45) is 0 Å². The lowest BCUT2D eigenvalue weighted by atomic mass is 10.0. The highest BCUT2D eigenvalue weighted by atomic mass is 16.6. The molecular formula is C76H122O6. The molecule has 0 heterocycles. The summed E-state index contributed by atoms with van der Waals surface area (Å²) >= 11 is 0. The van der Waals surface area contributed by atoms with Crippen molar-refractivity contribution in [1.29, 1.82) is 0 Å².